The van der Waals surface area contributed by atoms with Crippen LogP contribution in [0.25, 0.3) is 0 Å². The Balaban J connectivity index is 2.05. The molecule has 2 unspecified atom stereocenters. The van der Waals surface area contributed by atoms with E-state index in [1.165, 1.54) is 11.8 Å². The lowest BCUT2D eigenvalue weighted by Crippen LogP contribution is -2.50. The van der Waals surface area contributed by atoms with Gasteiger partial charge in [0, 0.05) is 18.2 Å². The van der Waals surface area contributed by atoms with Crippen LogP contribution in [0.1, 0.15) is 50.0 Å². The SMILES string of the molecule is CCN(C(=O)C(C)OC(=O)[C@@H](NC(=O)c1cccc(C)c1)C(C)C)C1CCS(=O)(=O)C1. The summed E-state index contributed by atoms with van der Waals surface area (Å²) in [5.41, 5.74) is 1.35. The van der Waals surface area contributed by atoms with Gasteiger partial charge in [-0.1, -0.05) is 31.5 Å². The highest BCUT2D eigenvalue weighted by Gasteiger charge is 2.37. The molecule has 1 aromatic carbocycles. The zero-order valence-corrected chi connectivity index (χ0v) is 19.6. The summed E-state index contributed by atoms with van der Waals surface area (Å²) in [6, 6.07) is 5.67. The van der Waals surface area contributed by atoms with Crippen molar-refractivity contribution in [3.63, 3.8) is 0 Å². The van der Waals surface area contributed by atoms with Gasteiger partial charge in [0.2, 0.25) is 0 Å². The van der Waals surface area contributed by atoms with Crippen LogP contribution in [0.3, 0.4) is 0 Å². The molecule has 1 saturated heterocycles. The quantitative estimate of drug-likeness (QED) is 0.602. The van der Waals surface area contributed by atoms with Gasteiger partial charge in [-0.2, -0.15) is 0 Å². The summed E-state index contributed by atoms with van der Waals surface area (Å²) in [6.07, 6.45) is -0.711. The van der Waals surface area contributed by atoms with E-state index >= 15 is 0 Å². The van der Waals surface area contributed by atoms with E-state index < -0.39 is 45.8 Å². The number of likely N-dealkylation sites (N-methyl/N-ethyl adjacent to an activating group) is 1. The maximum absolute atomic E-state index is 12.8. The Morgan fingerprint density at radius 3 is 2.42 bits per heavy atom. The van der Waals surface area contributed by atoms with Gasteiger partial charge in [0.15, 0.2) is 15.9 Å². The molecule has 1 aliphatic heterocycles. The van der Waals surface area contributed by atoms with Gasteiger partial charge in [-0.05, 0) is 45.2 Å². The van der Waals surface area contributed by atoms with Crippen molar-refractivity contribution in [2.24, 2.45) is 5.92 Å². The van der Waals surface area contributed by atoms with E-state index in [0.717, 1.165) is 5.56 Å². The highest BCUT2D eigenvalue weighted by atomic mass is 32.2. The van der Waals surface area contributed by atoms with Crippen molar-refractivity contribution in [2.45, 2.75) is 59.2 Å². The second kappa shape index (κ2) is 10.3. The minimum absolute atomic E-state index is 0.0516. The topological polar surface area (TPSA) is 110 Å². The van der Waals surface area contributed by atoms with Gasteiger partial charge in [-0.3, -0.25) is 9.59 Å². The third-order valence-corrected chi connectivity index (χ3v) is 7.15. The van der Waals surface area contributed by atoms with Crippen molar-refractivity contribution in [2.75, 3.05) is 18.1 Å². The van der Waals surface area contributed by atoms with Gasteiger partial charge in [0.05, 0.1) is 11.5 Å². The highest BCUT2D eigenvalue weighted by Crippen LogP contribution is 2.19. The first-order valence-corrected chi connectivity index (χ1v) is 12.4. The number of nitrogens with one attached hydrogen (secondary N) is 1. The average molecular weight is 453 g/mol. The Morgan fingerprint density at radius 1 is 1.23 bits per heavy atom. The number of hydrogen-bond donors (Lipinski definition) is 1. The summed E-state index contributed by atoms with van der Waals surface area (Å²) in [4.78, 5) is 39.6. The lowest BCUT2D eigenvalue weighted by atomic mass is 10.0. The summed E-state index contributed by atoms with van der Waals surface area (Å²) in [7, 11) is -3.15. The maximum Gasteiger partial charge on any atom is 0.329 e. The Bertz CT molecular complexity index is 928. The van der Waals surface area contributed by atoms with Gasteiger partial charge >= 0.3 is 5.97 Å². The molecule has 0 aliphatic carbocycles. The van der Waals surface area contributed by atoms with Gasteiger partial charge in [0.25, 0.3) is 11.8 Å². The van der Waals surface area contributed by atoms with Crippen molar-refractivity contribution in [3.05, 3.63) is 35.4 Å². The van der Waals surface area contributed by atoms with Gasteiger partial charge < -0.3 is 15.0 Å². The number of rotatable bonds is 8. The smallest absolute Gasteiger partial charge is 0.329 e. The summed E-state index contributed by atoms with van der Waals surface area (Å²) in [6.45, 7) is 8.96. The number of sulfone groups is 1. The normalized spacial score (nSPS) is 19.5. The van der Waals surface area contributed by atoms with E-state index in [1.807, 2.05) is 13.0 Å². The Kier molecular flexibility index (Phi) is 8.22. The van der Waals surface area contributed by atoms with Gasteiger partial charge in [0.1, 0.15) is 6.04 Å². The number of amides is 2. The third kappa shape index (κ3) is 6.53. The minimum Gasteiger partial charge on any atom is -0.451 e. The molecule has 0 aromatic heterocycles. The lowest BCUT2D eigenvalue weighted by Gasteiger charge is -2.30. The molecule has 2 rings (SSSR count). The van der Waals surface area contributed by atoms with E-state index in [4.69, 9.17) is 4.74 Å². The number of benzene rings is 1. The Hall–Kier alpha value is -2.42. The summed E-state index contributed by atoms with van der Waals surface area (Å²) in [5.74, 6) is -1.82. The van der Waals surface area contributed by atoms with Crippen LogP contribution in [-0.2, 0) is 24.2 Å². The second-order valence-electron chi connectivity index (χ2n) is 8.32. The zero-order chi connectivity index (χ0) is 23.3. The van der Waals surface area contributed by atoms with Crippen molar-refractivity contribution in [3.8, 4) is 0 Å². The molecule has 8 nitrogen and oxygen atoms in total. The van der Waals surface area contributed by atoms with Crippen LogP contribution in [0.4, 0.5) is 0 Å². The van der Waals surface area contributed by atoms with E-state index in [9.17, 15) is 22.8 Å². The minimum atomic E-state index is -3.15. The molecule has 0 radical (unpaired) electrons. The molecule has 9 heteroatoms. The van der Waals surface area contributed by atoms with Crippen LogP contribution in [-0.4, -0.2) is 67.3 Å². The van der Waals surface area contributed by atoms with Crippen LogP contribution in [0.15, 0.2) is 24.3 Å². The fourth-order valence-corrected chi connectivity index (χ4v) is 5.39. The first-order valence-electron chi connectivity index (χ1n) is 10.5. The number of carbonyl (C=O) groups is 3. The molecule has 0 saturated carbocycles. The molecule has 1 aliphatic rings. The van der Waals surface area contributed by atoms with E-state index in [1.54, 1.807) is 39.0 Å². The summed E-state index contributed by atoms with van der Waals surface area (Å²) >= 11 is 0. The summed E-state index contributed by atoms with van der Waals surface area (Å²) < 4.78 is 28.9. The monoisotopic (exact) mass is 452 g/mol. The molecule has 0 spiro atoms. The summed E-state index contributed by atoms with van der Waals surface area (Å²) in [5, 5.41) is 2.70. The number of esters is 1. The standard InChI is InChI=1S/C22H32N2O6S/c1-6-24(18-10-11-31(28,29)13-18)21(26)16(5)30-22(27)19(14(2)3)23-20(25)17-9-7-8-15(4)12-17/h7-9,12,14,16,18-19H,6,10-11,13H2,1-5H3,(H,23,25)/t16?,18?,19-/m0/s1. The Labute approximate surface area is 184 Å². The molecular formula is C22H32N2O6S. The first-order chi connectivity index (χ1) is 14.4. The predicted octanol–water partition coefficient (Wildman–Crippen LogP) is 1.72. The predicted molar refractivity (Wildman–Crippen MR) is 117 cm³/mol. The average Bonchev–Trinajstić information content (AvgIpc) is 3.05. The largest absolute Gasteiger partial charge is 0.451 e. The van der Waals surface area contributed by atoms with E-state index in [2.05, 4.69) is 5.32 Å². The number of nitrogens with zero attached hydrogens (tertiary/aromatic N) is 1. The van der Waals surface area contributed by atoms with Crippen LogP contribution in [0.5, 0.6) is 0 Å². The molecule has 3 atom stereocenters. The molecule has 1 aromatic rings. The Morgan fingerprint density at radius 2 is 1.90 bits per heavy atom. The van der Waals surface area contributed by atoms with Crippen molar-refractivity contribution in [1.82, 2.24) is 10.2 Å². The van der Waals surface area contributed by atoms with E-state index in [-0.39, 0.29) is 17.4 Å². The number of carbonyl (C=O) groups excluding carboxylic acids is 3. The number of ether oxygens (including phenoxy) is 1. The molecular weight excluding hydrogens is 420 g/mol. The van der Waals surface area contributed by atoms with Crippen LogP contribution in [0.2, 0.25) is 0 Å². The number of hydrogen-bond acceptors (Lipinski definition) is 6. The number of aryl methyl sites for hydroxylation is 1. The molecule has 1 heterocycles. The third-order valence-electron chi connectivity index (χ3n) is 5.40. The fourth-order valence-electron chi connectivity index (χ4n) is 3.66. The van der Waals surface area contributed by atoms with Crippen LogP contribution in [0, 0.1) is 12.8 Å². The fraction of sp³-hybridized carbons (Fsp3) is 0.591. The van der Waals surface area contributed by atoms with Crippen molar-refractivity contribution in [1.29, 1.82) is 0 Å². The van der Waals surface area contributed by atoms with Crippen LogP contribution >= 0.6 is 0 Å². The molecule has 2 amide bonds. The molecule has 31 heavy (non-hydrogen) atoms. The second-order valence-corrected chi connectivity index (χ2v) is 10.6. The van der Waals surface area contributed by atoms with Gasteiger partial charge in [-0.25, -0.2) is 13.2 Å². The molecule has 1 fully saturated rings. The zero-order valence-electron chi connectivity index (χ0n) is 18.8. The van der Waals surface area contributed by atoms with Crippen molar-refractivity contribution >= 4 is 27.6 Å². The molecule has 0 bridgehead atoms. The van der Waals surface area contributed by atoms with Crippen LogP contribution < -0.4 is 5.32 Å². The molecule has 1 N–H and O–H groups in total. The highest BCUT2D eigenvalue weighted by molar-refractivity contribution is 7.91. The first kappa shape index (κ1) is 24.8. The van der Waals surface area contributed by atoms with Gasteiger partial charge in [-0.15, -0.1) is 0 Å². The maximum atomic E-state index is 12.8. The molecule has 172 valence electrons. The van der Waals surface area contributed by atoms with E-state index in [0.29, 0.717) is 18.5 Å². The van der Waals surface area contributed by atoms with Crippen molar-refractivity contribution < 1.29 is 27.5 Å². The lowest BCUT2D eigenvalue weighted by molar-refractivity contribution is -0.162.